The van der Waals surface area contributed by atoms with E-state index in [9.17, 15) is 14.7 Å². The number of para-hydroxylation sites is 1. The van der Waals surface area contributed by atoms with Crippen molar-refractivity contribution in [3.05, 3.63) is 95.3 Å². The molecule has 0 saturated heterocycles. The zero-order valence-electron chi connectivity index (χ0n) is 16.9. The third-order valence-corrected chi connectivity index (χ3v) is 5.08. The van der Waals surface area contributed by atoms with E-state index in [4.69, 9.17) is 0 Å². The summed E-state index contributed by atoms with van der Waals surface area (Å²) in [6.07, 6.45) is 7.54. The van der Waals surface area contributed by atoms with Gasteiger partial charge in [-0.3, -0.25) is 4.79 Å². The van der Waals surface area contributed by atoms with Gasteiger partial charge in [0.1, 0.15) is 17.1 Å². The molecule has 0 aliphatic carbocycles. The molecule has 4 rings (SSSR count). The minimum atomic E-state index is -1.10. The Morgan fingerprint density at radius 2 is 1.90 bits per heavy atom. The Bertz CT molecular complexity index is 1180. The number of rotatable bonds is 6. The molecular formula is C24H22N4O3. The predicted octanol–water partition coefficient (Wildman–Crippen LogP) is 4.35. The number of aryl methyl sites for hydroxylation is 1. The topological polar surface area (TPSA) is 96.3 Å². The minimum Gasteiger partial charge on any atom is -0.477 e. The molecule has 2 heterocycles. The van der Waals surface area contributed by atoms with Crippen molar-refractivity contribution in [2.45, 2.75) is 19.4 Å². The van der Waals surface area contributed by atoms with E-state index in [0.717, 1.165) is 23.2 Å². The van der Waals surface area contributed by atoms with Crippen molar-refractivity contribution in [2.24, 2.45) is 0 Å². The number of hydrogen-bond acceptors (Lipinski definition) is 4. The van der Waals surface area contributed by atoms with Gasteiger partial charge < -0.3 is 15.7 Å². The highest BCUT2D eigenvalue weighted by Gasteiger charge is 2.27. The SMILES string of the molecule is CCc1ccccc1NC(=O)c1cnn2c1NC(C(=O)O)=C[C@@H]2/C=C/c1ccccc1. The van der Waals surface area contributed by atoms with Crippen molar-refractivity contribution in [1.82, 2.24) is 9.78 Å². The highest BCUT2D eigenvalue weighted by molar-refractivity contribution is 6.08. The smallest absolute Gasteiger partial charge is 0.352 e. The number of fused-ring (bicyclic) bond motifs is 1. The molecule has 0 spiro atoms. The van der Waals surface area contributed by atoms with Crippen molar-refractivity contribution in [1.29, 1.82) is 0 Å². The summed E-state index contributed by atoms with van der Waals surface area (Å²) in [5.41, 5.74) is 2.99. The van der Waals surface area contributed by atoms with E-state index in [-0.39, 0.29) is 17.2 Å². The van der Waals surface area contributed by atoms with E-state index in [1.165, 1.54) is 6.20 Å². The first-order valence-electron chi connectivity index (χ1n) is 9.99. The Kier molecular flexibility index (Phi) is 5.66. The third-order valence-electron chi connectivity index (χ3n) is 5.08. The monoisotopic (exact) mass is 414 g/mol. The molecule has 3 aromatic rings. The van der Waals surface area contributed by atoms with Crippen molar-refractivity contribution >= 4 is 29.5 Å². The van der Waals surface area contributed by atoms with Crippen LogP contribution in [0.1, 0.15) is 34.5 Å². The first-order valence-corrected chi connectivity index (χ1v) is 9.99. The van der Waals surface area contributed by atoms with Gasteiger partial charge in [-0.05, 0) is 29.7 Å². The summed E-state index contributed by atoms with van der Waals surface area (Å²) >= 11 is 0. The molecule has 7 heteroatoms. The lowest BCUT2D eigenvalue weighted by Gasteiger charge is -2.22. The van der Waals surface area contributed by atoms with Crippen molar-refractivity contribution < 1.29 is 14.7 Å². The summed E-state index contributed by atoms with van der Waals surface area (Å²) in [5.74, 6) is -1.12. The number of carboxylic acid groups (broad SMARTS) is 1. The van der Waals surface area contributed by atoms with Crippen LogP contribution in [0.2, 0.25) is 0 Å². The molecular weight excluding hydrogens is 392 g/mol. The van der Waals surface area contributed by atoms with Crippen LogP contribution in [-0.2, 0) is 11.2 Å². The average molecular weight is 414 g/mol. The third kappa shape index (κ3) is 4.25. The summed E-state index contributed by atoms with van der Waals surface area (Å²) in [6, 6.07) is 16.8. The molecule has 2 aromatic carbocycles. The molecule has 0 bridgehead atoms. The maximum atomic E-state index is 13.0. The second-order valence-electron chi connectivity index (χ2n) is 7.09. The average Bonchev–Trinajstić information content (AvgIpc) is 3.23. The number of amides is 1. The number of carbonyl (C=O) groups is 2. The van der Waals surface area contributed by atoms with Crippen LogP contribution in [0.4, 0.5) is 11.5 Å². The van der Waals surface area contributed by atoms with Gasteiger partial charge in [0.05, 0.1) is 12.2 Å². The lowest BCUT2D eigenvalue weighted by atomic mass is 10.1. The van der Waals surface area contributed by atoms with Gasteiger partial charge in [0.15, 0.2) is 0 Å². The standard InChI is InChI=1S/C24H22N4O3/c1-2-17-10-6-7-11-20(17)27-23(29)19-15-25-28-18(13-12-16-8-4-3-5-9-16)14-21(24(30)31)26-22(19)28/h3-15,18,26H,2H2,1H3,(H,27,29)(H,30,31)/b13-12+/t18-/m0/s1. The lowest BCUT2D eigenvalue weighted by Crippen LogP contribution is -2.24. The molecule has 31 heavy (non-hydrogen) atoms. The van der Waals surface area contributed by atoms with Crippen molar-refractivity contribution in [2.75, 3.05) is 10.6 Å². The molecule has 1 aliphatic rings. The van der Waals surface area contributed by atoms with Crippen molar-refractivity contribution in [3.8, 4) is 0 Å². The van der Waals surface area contributed by atoms with Gasteiger partial charge in [0.25, 0.3) is 5.91 Å². The van der Waals surface area contributed by atoms with Gasteiger partial charge in [-0.25, -0.2) is 9.48 Å². The molecule has 156 valence electrons. The molecule has 1 atom stereocenters. The second kappa shape index (κ2) is 8.71. The van der Waals surface area contributed by atoms with Crippen LogP contribution >= 0.6 is 0 Å². The molecule has 7 nitrogen and oxygen atoms in total. The van der Waals surface area contributed by atoms with Gasteiger partial charge in [0, 0.05) is 5.69 Å². The fourth-order valence-corrected chi connectivity index (χ4v) is 3.47. The van der Waals surface area contributed by atoms with Gasteiger partial charge in [-0.1, -0.05) is 67.6 Å². The fraction of sp³-hybridized carbons (Fsp3) is 0.125. The largest absolute Gasteiger partial charge is 0.477 e. The number of carboxylic acids is 1. The summed E-state index contributed by atoms with van der Waals surface area (Å²) < 4.78 is 1.60. The first kappa shape index (κ1) is 20.2. The molecule has 0 unspecified atom stereocenters. The highest BCUT2D eigenvalue weighted by Crippen LogP contribution is 2.30. The zero-order chi connectivity index (χ0) is 21.8. The number of anilines is 2. The van der Waals surface area contributed by atoms with Crippen LogP contribution in [-0.4, -0.2) is 26.8 Å². The van der Waals surface area contributed by atoms with Gasteiger partial charge >= 0.3 is 5.97 Å². The maximum Gasteiger partial charge on any atom is 0.352 e. The number of benzene rings is 2. The number of aromatic nitrogens is 2. The van der Waals surface area contributed by atoms with Crippen LogP contribution in [0.15, 0.2) is 78.6 Å². The summed E-state index contributed by atoms with van der Waals surface area (Å²) in [6.45, 7) is 2.02. The van der Waals surface area contributed by atoms with Crippen LogP contribution in [0, 0.1) is 0 Å². The van der Waals surface area contributed by atoms with E-state index in [2.05, 4.69) is 15.7 Å². The quantitative estimate of drug-likeness (QED) is 0.557. The van der Waals surface area contributed by atoms with E-state index < -0.39 is 12.0 Å². The fourth-order valence-electron chi connectivity index (χ4n) is 3.47. The van der Waals surface area contributed by atoms with E-state index in [1.54, 1.807) is 10.8 Å². The molecule has 1 aliphatic heterocycles. The van der Waals surface area contributed by atoms with E-state index in [0.29, 0.717) is 5.82 Å². The van der Waals surface area contributed by atoms with Gasteiger partial charge in [-0.15, -0.1) is 0 Å². The normalized spacial score (nSPS) is 15.1. The molecule has 0 radical (unpaired) electrons. The molecule has 1 aromatic heterocycles. The van der Waals surface area contributed by atoms with Crippen LogP contribution < -0.4 is 10.6 Å². The van der Waals surface area contributed by atoms with E-state index in [1.807, 2.05) is 73.7 Å². The Balaban J connectivity index is 1.66. The molecule has 0 fully saturated rings. The lowest BCUT2D eigenvalue weighted by molar-refractivity contribution is -0.132. The van der Waals surface area contributed by atoms with E-state index >= 15 is 0 Å². The van der Waals surface area contributed by atoms with Crippen molar-refractivity contribution in [3.63, 3.8) is 0 Å². The van der Waals surface area contributed by atoms with Crippen LogP contribution in [0.3, 0.4) is 0 Å². The number of aliphatic carboxylic acids is 1. The Hall–Kier alpha value is -4.13. The minimum absolute atomic E-state index is 0.00119. The summed E-state index contributed by atoms with van der Waals surface area (Å²) in [7, 11) is 0. The maximum absolute atomic E-state index is 13.0. The predicted molar refractivity (Wildman–Crippen MR) is 120 cm³/mol. The molecule has 1 amide bonds. The van der Waals surface area contributed by atoms with Crippen LogP contribution in [0.5, 0.6) is 0 Å². The summed E-state index contributed by atoms with van der Waals surface area (Å²) in [4.78, 5) is 24.7. The summed E-state index contributed by atoms with van der Waals surface area (Å²) in [5, 5.41) is 19.7. The number of allylic oxidation sites excluding steroid dienone is 2. The van der Waals surface area contributed by atoms with Gasteiger partial charge in [0.2, 0.25) is 0 Å². The Morgan fingerprint density at radius 3 is 2.65 bits per heavy atom. The Labute approximate surface area is 179 Å². The Morgan fingerprint density at radius 1 is 1.16 bits per heavy atom. The number of nitrogens with one attached hydrogen (secondary N) is 2. The first-order chi connectivity index (χ1) is 15.1. The second-order valence-corrected chi connectivity index (χ2v) is 7.09. The number of nitrogens with zero attached hydrogens (tertiary/aromatic N) is 2. The highest BCUT2D eigenvalue weighted by atomic mass is 16.4. The van der Waals surface area contributed by atoms with Gasteiger partial charge in [-0.2, -0.15) is 5.10 Å². The molecule has 0 saturated carbocycles. The number of carbonyl (C=O) groups excluding carboxylic acids is 1. The number of hydrogen-bond donors (Lipinski definition) is 3. The molecule has 3 N–H and O–H groups in total. The van der Waals surface area contributed by atoms with Crippen LogP contribution in [0.25, 0.3) is 6.08 Å². The zero-order valence-corrected chi connectivity index (χ0v) is 16.9.